The van der Waals surface area contributed by atoms with E-state index in [1.807, 2.05) is 44.4 Å². The highest BCUT2D eigenvalue weighted by atomic mass is 35.5. The second-order valence-corrected chi connectivity index (χ2v) is 11.8. The maximum Gasteiger partial charge on any atom is 0.258 e. The summed E-state index contributed by atoms with van der Waals surface area (Å²) in [5, 5.41) is 7.12. The van der Waals surface area contributed by atoms with Gasteiger partial charge in [0.1, 0.15) is 17.1 Å². The summed E-state index contributed by atoms with van der Waals surface area (Å²) in [6.45, 7) is 7.52. The van der Waals surface area contributed by atoms with Crippen LogP contribution in [0.2, 0.25) is 5.02 Å². The Morgan fingerprint density at radius 2 is 1.93 bits per heavy atom. The number of rotatable bonds is 11. The first-order chi connectivity index (χ1) is 19.7. The van der Waals surface area contributed by atoms with Gasteiger partial charge < -0.3 is 25.3 Å². The molecule has 3 N–H and O–H groups in total. The molecule has 0 aliphatic carbocycles. The van der Waals surface area contributed by atoms with Crippen LogP contribution in [0.4, 0.5) is 5.69 Å². The average molecular weight is 576 g/mol. The number of anilines is 1. The van der Waals surface area contributed by atoms with Crippen LogP contribution in [0.1, 0.15) is 25.8 Å². The van der Waals surface area contributed by atoms with Gasteiger partial charge in [-0.05, 0) is 64.2 Å². The van der Waals surface area contributed by atoms with E-state index < -0.39 is 0 Å². The maximum atomic E-state index is 12.3. The molecule has 10 heteroatoms. The molecule has 0 saturated carbocycles. The number of halogens is 1. The van der Waals surface area contributed by atoms with Crippen molar-refractivity contribution < 1.29 is 9.53 Å². The summed E-state index contributed by atoms with van der Waals surface area (Å²) < 4.78 is 5.70. The summed E-state index contributed by atoms with van der Waals surface area (Å²) >= 11 is 6.60. The lowest BCUT2D eigenvalue weighted by molar-refractivity contribution is -0.123. The number of aromatic amines is 1. The van der Waals surface area contributed by atoms with E-state index in [0.717, 1.165) is 37.3 Å². The van der Waals surface area contributed by atoms with Crippen LogP contribution in [0.5, 0.6) is 5.75 Å². The average Bonchev–Trinajstić information content (AvgIpc) is 3.60. The van der Waals surface area contributed by atoms with Gasteiger partial charge >= 0.3 is 0 Å². The van der Waals surface area contributed by atoms with Crippen LogP contribution in [-0.4, -0.2) is 82.6 Å². The van der Waals surface area contributed by atoms with E-state index in [1.165, 1.54) is 5.56 Å². The number of imidazole rings is 1. The number of fused-ring (bicyclic) bond motifs is 1. The lowest BCUT2D eigenvalue weighted by Crippen LogP contribution is -2.48. The Bertz CT molecular complexity index is 1470. The summed E-state index contributed by atoms with van der Waals surface area (Å²) in [7, 11) is 3.98. The minimum absolute atomic E-state index is 0.0467. The Morgan fingerprint density at radius 3 is 2.66 bits per heavy atom. The third-order valence-corrected chi connectivity index (χ3v) is 8.05. The van der Waals surface area contributed by atoms with Gasteiger partial charge in [-0.15, -0.1) is 0 Å². The molecule has 1 atom stereocenters. The number of aromatic nitrogens is 3. The minimum Gasteiger partial charge on any atom is -0.484 e. The number of hydrogen-bond donors (Lipinski definition) is 3. The number of likely N-dealkylation sites (N-methyl/N-ethyl adjacent to an activating group) is 1. The molecule has 5 rings (SSSR count). The van der Waals surface area contributed by atoms with Crippen molar-refractivity contribution in [2.75, 3.05) is 45.7 Å². The van der Waals surface area contributed by atoms with Gasteiger partial charge in [-0.25, -0.2) is 9.97 Å². The van der Waals surface area contributed by atoms with Gasteiger partial charge in [0.2, 0.25) is 0 Å². The molecule has 1 fully saturated rings. The molecule has 0 bridgehead atoms. The van der Waals surface area contributed by atoms with Crippen molar-refractivity contribution in [1.82, 2.24) is 30.1 Å². The predicted octanol–water partition coefficient (Wildman–Crippen LogP) is 4.80. The summed E-state index contributed by atoms with van der Waals surface area (Å²) in [6.07, 6.45) is 2.68. The number of benzene rings is 2. The third kappa shape index (κ3) is 7.16. The Kier molecular flexibility index (Phi) is 8.77. The highest BCUT2D eigenvalue weighted by Crippen LogP contribution is 2.32. The number of carbonyl (C=O) groups excluding carboxylic acids is 1. The zero-order valence-corrected chi connectivity index (χ0v) is 24.8. The molecule has 0 unspecified atom stereocenters. The second kappa shape index (κ2) is 12.5. The van der Waals surface area contributed by atoms with Gasteiger partial charge in [-0.3, -0.25) is 9.69 Å². The highest BCUT2D eigenvalue weighted by molar-refractivity contribution is 6.34. The van der Waals surface area contributed by atoms with Crippen LogP contribution < -0.4 is 15.4 Å². The number of pyridine rings is 1. The third-order valence-electron chi connectivity index (χ3n) is 7.76. The highest BCUT2D eigenvalue weighted by Gasteiger charge is 2.25. The van der Waals surface area contributed by atoms with Crippen LogP contribution in [-0.2, 0) is 11.3 Å². The zero-order chi connectivity index (χ0) is 29.0. The Morgan fingerprint density at radius 1 is 1.17 bits per heavy atom. The number of ether oxygens (including phenoxy) is 1. The molecule has 41 heavy (non-hydrogen) atoms. The molecule has 216 valence electrons. The van der Waals surface area contributed by atoms with Crippen LogP contribution in [0.15, 0.2) is 60.8 Å². The topological polar surface area (TPSA) is 98.4 Å². The molecule has 0 radical (unpaired) electrons. The number of nitrogens with zero attached hydrogens (tertiary/aromatic N) is 4. The lowest BCUT2D eigenvalue weighted by Gasteiger charge is -2.32. The van der Waals surface area contributed by atoms with Gasteiger partial charge in [0.15, 0.2) is 12.3 Å². The molecule has 2 aromatic carbocycles. The van der Waals surface area contributed by atoms with Crippen molar-refractivity contribution in [3.05, 3.63) is 71.4 Å². The molecule has 1 aliphatic heterocycles. The minimum atomic E-state index is -0.158. The van der Waals surface area contributed by atoms with E-state index in [4.69, 9.17) is 21.3 Å². The van der Waals surface area contributed by atoms with Crippen molar-refractivity contribution in [3.63, 3.8) is 0 Å². The first-order valence-corrected chi connectivity index (χ1v) is 14.3. The van der Waals surface area contributed by atoms with E-state index >= 15 is 0 Å². The SMILES string of the molecule is CN(C)C(C)(C)CNC(=O)COc1ccc(-c2nc3c(N[C@@H]4CCN(Cc5ccccc5)C4)c(Cl)cnc3[nH]2)cc1. The first kappa shape index (κ1) is 28.9. The number of amides is 1. The normalized spacial score (nSPS) is 15.9. The molecule has 4 aromatic rings. The van der Waals surface area contributed by atoms with Crippen molar-refractivity contribution in [2.45, 2.75) is 38.4 Å². The molecule has 1 amide bonds. The number of nitrogens with one attached hydrogen (secondary N) is 3. The van der Waals surface area contributed by atoms with Crippen LogP contribution in [0.3, 0.4) is 0 Å². The van der Waals surface area contributed by atoms with E-state index in [1.54, 1.807) is 6.20 Å². The van der Waals surface area contributed by atoms with E-state index in [9.17, 15) is 4.79 Å². The molecule has 1 aliphatic rings. The molecule has 0 spiro atoms. The molecular formula is C31H38ClN7O2. The summed E-state index contributed by atoms with van der Waals surface area (Å²) in [4.78, 5) is 29.4. The van der Waals surface area contributed by atoms with Crippen LogP contribution >= 0.6 is 11.6 Å². The zero-order valence-electron chi connectivity index (χ0n) is 24.1. The Hall–Kier alpha value is -3.66. The fourth-order valence-corrected chi connectivity index (χ4v) is 4.92. The van der Waals surface area contributed by atoms with Crippen molar-refractivity contribution in [1.29, 1.82) is 0 Å². The standard InChI is InChI=1S/C31H38ClN7O2/c1-31(2,38(3)4)20-34-26(40)19-41-24-12-10-22(11-13-24)29-36-28-27(25(32)16-33-30(28)37-29)35-23-14-15-39(18-23)17-21-8-6-5-7-9-21/h5-13,16,23H,14-15,17-20H2,1-4H3,(H,34,40)(H2,33,35,36,37)/t23-/m1/s1. The van der Waals surface area contributed by atoms with Crippen molar-refractivity contribution in [3.8, 4) is 17.1 Å². The van der Waals surface area contributed by atoms with E-state index in [-0.39, 0.29) is 24.1 Å². The quantitative estimate of drug-likeness (QED) is 0.236. The number of carbonyl (C=O) groups is 1. The first-order valence-electron chi connectivity index (χ1n) is 13.9. The molecule has 1 saturated heterocycles. The van der Waals surface area contributed by atoms with Gasteiger partial charge in [-0.1, -0.05) is 41.9 Å². The fraction of sp³-hybridized carbons (Fsp3) is 0.387. The van der Waals surface area contributed by atoms with E-state index in [0.29, 0.717) is 34.3 Å². The van der Waals surface area contributed by atoms with Gasteiger partial charge in [-0.2, -0.15) is 0 Å². The maximum absolute atomic E-state index is 12.3. The smallest absolute Gasteiger partial charge is 0.258 e. The van der Waals surface area contributed by atoms with Crippen LogP contribution in [0.25, 0.3) is 22.6 Å². The molecular weight excluding hydrogens is 538 g/mol. The number of hydrogen-bond acceptors (Lipinski definition) is 7. The van der Waals surface area contributed by atoms with Gasteiger partial charge in [0, 0.05) is 43.3 Å². The Labute approximate surface area is 246 Å². The molecule has 2 aromatic heterocycles. The predicted molar refractivity (Wildman–Crippen MR) is 164 cm³/mol. The summed E-state index contributed by atoms with van der Waals surface area (Å²) in [5.74, 6) is 1.14. The monoisotopic (exact) mass is 575 g/mol. The largest absolute Gasteiger partial charge is 0.484 e. The van der Waals surface area contributed by atoms with E-state index in [2.05, 4.69) is 68.5 Å². The molecule has 3 heterocycles. The van der Waals surface area contributed by atoms with Crippen LogP contribution in [0, 0.1) is 0 Å². The number of H-pyrrole nitrogens is 1. The summed E-state index contributed by atoms with van der Waals surface area (Å²) in [6, 6.07) is 18.3. The number of likely N-dealkylation sites (tertiary alicyclic amines) is 1. The fourth-order valence-electron chi connectivity index (χ4n) is 4.73. The Balaban J connectivity index is 1.21. The summed E-state index contributed by atoms with van der Waals surface area (Å²) in [5.41, 5.74) is 4.24. The second-order valence-electron chi connectivity index (χ2n) is 11.4. The van der Waals surface area contributed by atoms with Gasteiger partial charge in [0.25, 0.3) is 5.91 Å². The van der Waals surface area contributed by atoms with Gasteiger partial charge in [0.05, 0.1) is 16.9 Å². The molecule has 9 nitrogen and oxygen atoms in total. The lowest BCUT2D eigenvalue weighted by atomic mass is 10.0. The van der Waals surface area contributed by atoms with Crippen molar-refractivity contribution >= 4 is 34.4 Å². The van der Waals surface area contributed by atoms with Crippen molar-refractivity contribution in [2.24, 2.45) is 0 Å².